The van der Waals surface area contributed by atoms with Gasteiger partial charge in [-0.1, -0.05) is 46.3 Å². The molecule has 0 fully saturated rings. The van der Waals surface area contributed by atoms with Gasteiger partial charge < -0.3 is 0 Å². The quantitative estimate of drug-likeness (QED) is 0.524. The Hall–Kier alpha value is -0.260. The Morgan fingerprint density at radius 1 is 0.909 bits per heavy atom. The van der Waals surface area contributed by atoms with Gasteiger partial charge in [0.15, 0.2) is 0 Å². The summed E-state index contributed by atoms with van der Waals surface area (Å²) in [5.41, 5.74) is 0. The van der Waals surface area contributed by atoms with Crippen molar-refractivity contribution in [2.75, 3.05) is 0 Å². The molecular formula is C11H22. The van der Waals surface area contributed by atoms with Crippen molar-refractivity contribution in [3.8, 4) is 0 Å². The molecule has 0 amide bonds. The average Bonchev–Trinajstić information content (AvgIpc) is 2.06. The second-order valence-corrected chi connectivity index (χ2v) is 3.35. The zero-order chi connectivity index (χ0) is 8.69. The van der Waals surface area contributed by atoms with Gasteiger partial charge in [0.05, 0.1) is 0 Å². The van der Waals surface area contributed by atoms with Gasteiger partial charge in [0.1, 0.15) is 0 Å². The summed E-state index contributed by atoms with van der Waals surface area (Å²) in [6, 6.07) is 0. The summed E-state index contributed by atoms with van der Waals surface area (Å²) >= 11 is 0. The molecule has 0 aromatic rings. The molecule has 0 aromatic heterocycles. The van der Waals surface area contributed by atoms with Crippen molar-refractivity contribution >= 4 is 0 Å². The van der Waals surface area contributed by atoms with Crippen LogP contribution in [0.3, 0.4) is 0 Å². The van der Waals surface area contributed by atoms with E-state index in [2.05, 4.69) is 39.8 Å². The molecule has 0 spiro atoms. The first-order valence-electron chi connectivity index (χ1n) is 4.92. The van der Waals surface area contributed by atoms with Crippen LogP contribution in [0.15, 0.2) is 12.2 Å². The van der Waals surface area contributed by atoms with Crippen molar-refractivity contribution < 1.29 is 0 Å². The monoisotopic (exact) mass is 154 g/mol. The molecule has 0 nitrogen and oxygen atoms in total. The lowest BCUT2D eigenvalue weighted by Crippen LogP contribution is -1.93. The van der Waals surface area contributed by atoms with Crippen molar-refractivity contribution in [3.63, 3.8) is 0 Å². The molecule has 0 aliphatic heterocycles. The third-order valence-electron chi connectivity index (χ3n) is 2.40. The molecule has 0 aliphatic carbocycles. The molecule has 0 rings (SSSR count). The molecule has 1 unspecified atom stereocenters. The molecule has 1 atom stereocenters. The SMILES string of the molecule is CCC(C)C=CC(CC)CC. The Morgan fingerprint density at radius 2 is 1.45 bits per heavy atom. The van der Waals surface area contributed by atoms with Crippen LogP contribution in [-0.2, 0) is 0 Å². The summed E-state index contributed by atoms with van der Waals surface area (Å²) in [5, 5.41) is 0. The zero-order valence-electron chi connectivity index (χ0n) is 8.43. The molecule has 0 saturated heterocycles. The van der Waals surface area contributed by atoms with E-state index in [-0.39, 0.29) is 0 Å². The van der Waals surface area contributed by atoms with Gasteiger partial charge in [0, 0.05) is 0 Å². The Bertz CT molecular complexity index is 98.6. The second-order valence-electron chi connectivity index (χ2n) is 3.35. The molecule has 0 saturated carbocycles. The standard InChI is InChI=1S/C11H22/c1-5-10(4)8-9-11(6-2)7-3/h8-11H,5-7H2,1-4H3. The number of hydrogen-bond acceptors (Lipinski definition) is 0. The molecule has 0 N–H and O–H groups in total. The Balaban J connectivity index is 3.68. The van der Waals surface area contributed by atoms with Crippen molar-refractivity contribution in [1.82, 2.24) is 0 Å². The van der Waals surface area contributed by atoms with E-state index < -0.39 is 0 Å². The maximum absolute atomic E-state index is 2.38. The average molecular weight is 154 g/mol. The van der Waals surface area contributed by atoms with Crippen LogP contribution in [0, 0.1) is 11.8 Å². The molecule has 0 radical (unpaired) electrons. The van der Waals surface area contributed by atoms with Gasteiger partial charge >= 0.3 is 0 Å². The number of allylic oxidation sites excluding steroid dienone is 2. The second kappa shape index (κ2) is 6.45. The van der Waals surface area contributed by atoms with E-state index in [1.165, 1.54) is 19.3 Å². The van der Waals surface area contributed by atoms with Crippen LogP contribution >= 0.6 is 0 Å². The smallest absolute Gasteiger partial charge is 0.0239 e. The molecule has 0 bridgehead atoms. The third-order valence-corrected chi connectivity index (χ3v) is 2.40. The molecule has 0 aliphatic rings. The van der Waals surface area contributed by atoms with Crippen LogP contribution in [0.25, 0.3) is 0 Å². The lowest BCUT2D eigenvalue weighted by atomic mass is 10.00. The van der Waals surface area contributed by atoms with E-state index in [1.54, 1.807) is 0 Å². The van der Waals surface area contributed by atoms with E-state index >= 15 is 0 Å². The first-order valence-corrected chi connectivity index (χ1v) is 4.92. The minimum Gasteiger partial charge on any atom is -0.0854 e. The van der Waals surface area contributed by atoms with E-state index in [0.29, 0.717) is 0 Å². The van der Waals surface area contributed by atoms with Crippen LogP contribution in [0.2, 0.25) is 0 Å². The van der Waals surface area contributed by atoms with E-state index in [4.69, 9.17) is 0 Å². The zero-order valence-corrected chi connectivity index (χ0v) is 8.43. The van der Waals surface area contributed by atoms with E-state index in [0.717, 1.165) is 11.8 Å². The van der Waals surface area contributed by atoms with Crippen LogP contribution in [0.5, 0.6) is 0 Å². The van der Waals surface area contributed by atoms with Crippen molar-refractivity contribution in [2.24, 2.45) is 11.8 Å². The Labute approximate surface area is 71.7 Å². The van der Waals surface area contributed by atoms with Gasteiger partial charge in [-0.15, -0.1) is 0 Å². The minimum atomic E-state index is 0.760. The van der Waals surface area contributed by atoms with Gasteiger partial charge in [-0.25, -0.2) is 0 Å². The molecule has 66 valence electrons. The van der Waals surface area contributed by atoms with Gasteiger partial charge in [-0.05, 0) is 24.7 Å². The molecule has 0 heteroatoms. The van der Waals surface area contributed by atoms with Crippen LogP contribution in [0.4, 0.5) is 0 Å². The maximum atomic E-state index is 2.38. The van der Waals surface area contributed by atoms with Crippen LogP contribution in [-0.4, -0.2) is 0 Å². The highest BCUT2D eigenvalue weighted by atomic mass is 14.0. The van der Waals surface area contributed by atoms with Crippen molar-refractivity contribution in [1.29, 1.82) is 0 Å². The Kier molecular flexibility index (Phi) is 6.30. The van der Waals surface area contributed by atoms with Crippen LogP contribution < -0.4 is 0 Å². The van der Waals surface area contributed by atoms with Gasteiger partial charge in [-0.3, -0.25) is 0 Å². The molecule has 11 heavy (non-hydrogen) atoms. The molecular weight excluding hydrogens is 132 g/mol. The number of rotatable bonds is 5. The highest BCUT2D eigenvalue weighted by molar-refractivity contribution is 4.90. The first-order chi connectivity index (χ1) is 5.24. The predicted octanol–water partition coefficient (Wildman–Crippen LogP) is 4.02. The lowest BCUT2D eigenvalue weighted by Gasteiger charge is -2.06. The van der Waals surface area contributed by atoms with E-state index in [1.807, 2.05) is 0 Å². The summed E-state index contributed by atoms with van der Waals surface area (Å²) in [6.07, 6.45) is 8.56. The Morgan fingerprint density at radius 3 is 1.82 bits per heavy atom. The van der Waals surface area contributed by atoms with E-state index in [9.17, 15) is 0 Å². The van der Waals surface area contributed by atoms with Gasteiger partial charge in [0.2, 0.25) is 0 Å². The predicted molar refractivity (Wildman–Crippen MR) is 52.7 cm³/mol. The minimum absolute atomic E-state index is 0.760. The largest absolute Gasteiger partial charge is 0.0854 e. The fourth-order valence-corrected chi connectivity index (χ4v) is 1.04. The summed E-state index contributed by atoms with van der Waals surface area (Å²) in [6.45, 7) is 9.03. The normalized spacial score (nSPS) is 14.6. The molecule has 0 aromatic carbocycles. The fourth-order valence-electron chi connectivity index (χ4n) is 1.04. The van der Waals surface area contributed by atoms with Crippen LogP contribution in [0.1, 0.15) is 47.0 Å². The van der Waals surface area contributed by atoms with Crippen molar-refractivity contribution in [2.45, 2.75) is 47.0 Å². The summed E-state index contributed by atoms with van der Waals surface area (Å²) in [5.74, 6) is 1.57. The highest BCUT2D eigenvalue weighted by Gasteiger charge is 1.97. The summed E-state index contributed by atoms with van der Waals surface area (Å²) < 4.78 is 0. The summed E-state index contributed by atoms with van der Waals surface area (Å²) in [7, 11) is 0. The first kappa shape index (κ1) is 10.7. The number of hydrogen-bond donors (Lipinski definition) is 0. The third kappa shape index (κ3) is 5.06. The molecule has 0 heterocycles. The topological polar surface area (TPSA) is 0 Å². The van der Waals surface area contributed by atoms with Gasteiger partial charge in [0.25, 0.3) is 0 Å². The summed E-state index contributed by atoms with van der Waals surface area (Å²) in [4.78, 5) is 0. The van der Waals surface area contributed by atoms with Crippen molar-refractivity contribution in [3.05, 3.63) is 12.2 Å². The lowest BCUT2D eigenvalue weighted by molar-refractivity contribution is 0.594. The maximum Gasteiger partial charge on any atom is -0.0239 e. The fraction of sp³-hybridized carbons (Fsp3) is 0.818. The highest BCUT2D eigenvalue weighted by Crippen LogP contribution is 2.11. The van der Waals surface area contributed by atoms with Gasteiger partial charge in [-0.2, -0.15) is 0 Å².